The third-order valence-electron chi connectivity index (χ3n) is 4.05. The molecule has 4 nitrogen and oxygen atoms in total. The number of amides is 1. The molecule has 1 unspecified atom stereocenters. The molecule has 1 fully saturated rings. The van der Waals surface area contributed by atoms with Crippen LogP contribution in [0.25, 0.3) is 0 Å². The van der Waals surface area contributed by atoms with Crippen LogP contribution in [0, 0.1) is 13.8 Å². The summed E-state index contributed by atoms with van der Waals surface area (Å²) in [7, 11) is 0. The summed E-state index contributed by atoms with van der Waals surface area (Å²) in [6.07, 6.45) is 3.13. The van der Waals surface area contributed by atoms with Gasteiger partial charge >= 0.3 is 6.09 Å². The van der Waals surface area contributed by atoms with Crippen LogP contribution < -0.4 is 5.32 Å². The molecular weight excluding hydrogens is 308 g/mol. The number of ether oxygens (including phenoxy) is 1. The molecule has 0 aromatic carbocycles. The van der Waals surface area contributed by atoms with E-state index >= 15 is 0 Å². The first-order chi connectivity index (χ1) is 10.7. The largest absolute Gasteiger partial charge is 0.444 e. The predicted molar refractivity (Wildman–Crippen MR) is 96.1 cm³/mol. The zero-order chi connectivity index (χ0) is 17.0. The van der Waals surface area contributed by atoms with Crippen molar-refractivity contribution in [2.75, 3.05) is 13.1 Å². The summed E-state index contributed by atoms with van der Waals surface area (Å²) < 4.78 is 5.53. The molecule has 0 spiro atoms. The van der Waals surface area contributed by atoms with Gasteiger partial charge in [0, 0.05) is 35.4 Å². The van der Waals surface area contributed by atoms with E-state index in [2.05, 4.69) is 25.2 Å². The molecule has 1 aromatic rings. The Morgan fingerprint density at radius 3 is 2.74 bits per heavy atom. The fourth-order valence-corrected chi connectivity index (χ4v) is 3.86. The summed E-state index contributed by atoms with van der Waals surface area (Å²) in [5.41, 5.74) is 0.943. The summed E-state index contributed by atoms with van der Waals surface area (Å²) in [6.45, 7) is 12.5. The van der Waals surface area contributed by atoms with Crippen LogP contribution >= 0.6 is 11.3 Å². The maximum atomic E-state index is 12.3. The van der Waals surface area contributed by atoms with Crippen molar-refractivity contribution in [3.63, 3.8) is 0 Å². The molecule has 0 saturated carbocycles. The van der Waals surface area contributed by atoms with Crippen LogP contribution in [0.2, 0.25) is 0 Å². The van der Waals surface area contributed by atoms with Gasteiger partial charge in [-0.2, -0.15) is 0 Å². The van der Waals surface area contributed by atoms with Gasteiger partial charge in [0.1, 0.15) is 5.60 Å². The molecule has 2 heterocycles. The van der Waals surface area contributed by atoms with Crippen molar-refractivity contribution in [1.82, 2.24) is 10.2 Å². The van der Waals surface area contributed by atoms with E-state index < -0.39 is 5.60 Å². The topological polar surface area (TPSA) is 41.6 Å². The molecule has 1 saturated heterocycles. The fourth-order valence-electron chi connectivity index (χ4n) is 2.91. The van der Waals surface area contributed by atoms with Gasteiger partial charge in [-0.05, 0) is 59.1 Å². The van der Waals surface area contributed by atoms with Crippen molar-refractivity contribution < 1.29 is 9.53 Å². The van der Waals surface area contributed by atoms with Crippen LogP contribution in [0.1, 0.15) is 55.4 Å². The van der Waals surface area contributed by atoms with Crippen molar-refractivity contribution in [2.45, 2.75) is 72.1 Å². The minimum absolute atomic E-state index is 0.186. The van der Waals surface area contributed by atoms with Gasteiger partial charge in [-0.1, -0.05) is 6.42 Å². The molecule has 0 bridgehead atoms. The number of aryl methyl sites for hydroxylation is 2. The van der Waals surface area contributed by atoms with Crippen molar-refractivity contribution in [2.24, 2.45) is 0 Å². The highest BCUT2D eigenvalue weighted by molar-refractivity contribution is 7.12. The van der Waals surface area contributed by atoms with Crippen molar-refractivity contribution in [3.8, 4) is 0 Å². The van der Waals surface area contributed by atoms with E-state index in [-0.39, 0.29) is 6.09 Å². The van der Waals surface area contributed by atoms with Gasteiger partial charge in [-0.15, -0.1) is 11.3 Å². The summed E-state index contributed by atoms with van der Waals surface area (Å²) >= 11 is 1.85. The highest BCUT2D eigenvalue weighted by atomic mass is 32.1. The molecule has 130 valence electrons. The maximum absolute atomic E-state index is 12.3. The van der Waals surface area contributed by atoms with E-state index in [1.807, 2.05) is 37.0 Å². The molecular formula is C18H30N2O2S. The summed E-state index contributed by atoms with van der Waals surface area (Å²) in [6, 6.07) is 2.60. The van der Waals surface area contributed by atoms with E-state index in [0.717, 1.165) is 38.9 Å². The first-order valence-corrected chi connectivity index (χ1v) is 9.33. The lowest BCUT2D eigenvalue weighted by Gasteiger charge is -2.28. The number of thiophene rings is 1. The van der Waals surface area contributed by atoms with Gasteiger partial charge in [-0.3, -0.25) is 0 Å². The summed E-state index contributed by atoms with van der Waals surface area (Å²) in [5.74, 6) is 0. The minimum atomic E-state index is -0.433. The van der Waals surface area contributed by atoms with Crippen LogP contribution in [-0.2, 0) is 11.3 Å². The van der Waals surface area contributed by atoms with Gasteiger partial charge in [0.2, 0.25) is 0 Å². The fraction of sp³-hybridized carbons (Fsp3) is 0.722. The predicted octanol–water partition coefficient (Wildman–Crippen LogP) is 4.24. The molecule has 23 heavy (non-hydrogen) atoms. The average Bonchev–Trinajstić information content (AvgIpc) is 2.63. The van der Waals surface area contributed by atoms with Crippen molar-refractivity contribution >= 4 is 17.4 Å². The van der Waals surface area contributed by atoms with Crippen LogP contribution in [0.4, 0.5) is 4.79 Å². The molecule has 1 aromatic heterocycles. The quantitative estimate of drug-likeness (QED) is 0.896. The molecule has 1 atom stereocenters. The first-order valence-electron chi connectivity index (χ1n) is 8.52. The SMILES string of the molecule is Cc1cc(CNC2CCCCN(C(=O)OC(C)(C)C)C2)c(C)s1. The Morgan fingerprint density at radius 2 is 2.13 bits per heavy atom. The lowest BCUT2D eigenvalue weighted by molar-refractivity contribution is 0.0243. The molecule has 1 amide bonds. The Kier molecular flexibility index (Phi) is 6.09. The molecule has 2 rings (SSSR count). The van der Waals surface area contributed by atoms with Gasteiger partial charge in [-0.25, -0.2) is 4.79 Å². The second kappa shape index (κ2) is 7.67. The van der Waals surface area contributed by atoms with Crippen LogP contribution in [0.5, 0.6) is 0 Å². The third kappa shape index (κ3) is 5.81. The van der Waals surface area contributed by atoms with Gasteiger partial charge in [0.15, 0.2) is 0 Å². The van der Waals surface area contributed by atoms with E-state index in [4.69, 9.17) is 4.74 Å². The van der Waals surface area contributed by atoms with Crippen molar-refractivity contribution in [3.05, 3.63) is 21.4 Å². The minimum Gasteiger partial charge on any atom is -0.444 e. The van der Waals surface area contributed by atoms with E-state index in [1.165, 1.54) is 15.3 Å². The molecule has 1 aliphatic rings. The second-order valence-electron chi connectivity index (χ2n) is 7.44. The number of hydrogen-bond acceptors (Lipinski definition) is 4. The number of carbonyl (C=O) groups is 1. The standard InChI is InChI=1S/C18H30N2O2S/c1-13-10-15(14(2)23-13)11-19-16-8-6-7-9-20(12-16)17(21)22-18(3,4)5/h10,16,19H,6-9,11-12H2,1-5H3. The van der Waals surface area contributed by atoms with Crippen LogP contribution in [0.3, 0.4) is 0 Å². The zero-order valence-corrected chi connectivity index (χ0v) is 15.9. The molecule has 0 aliphatic carbocycles. The second-order valence-corrected chi connectivity index (χ2v) is 8.90. The Morgan fingerprint density at radius 1 is 1.39 bits per heavy atom. The monoisotopic (exact) mass is 338 g/mol. The normalized spacial score (nSPS) is 19.5. The molecule has 0 radical (unpaired) electrons. The zero-order valence-electron chi connectivity index (χ0n) is 15.1. The van der Waals surface area contributed by atoms with Gasteiger partial charge in [0.25, 0.3) is 0 Å². The first kappa shape index (κ1) is 18.3. The molecule has 5 heteroatoms. The lowest BCUT2D eigenvalue weighted by Crippen LogP contribution is -2.44. The van der Waals surface area contributed by atoms with E-state index in [9.17, 15) is 4.79 Å². The lowest BCUT2D eigenvalue weighted by atomic mass is 10.1. The summed E-state index contributed by atoms with van der Waals surface area (Å²) in [5, 5.41) is 3.64. The van der Waals surface area contributed by atoms with Gasteiger partial charge < -0.3 is 15.0 Å². The smallest absolute Gasteiger partial charge is 0.410 e. The maximum Gasteiger partial charge on any atom is 0.410 e. The Balaban J connectivity index is 1.91. The Bertz CT molecular complexity index is 534. The van der Waals surface area contributed by atoms with Crippen LogP contribution in [-0.4, -0.2) is 35.7 Å². The van der Waals surface area contributed by atoms with Crippen LogP contribution in [0.15, 0.2) is 6.07 Å². The van der Waals surface area contributed by atoms with Gasteiger partial charge in [0.05, 0.1) is 0 Å². The molecule has 1 aliphatic heterocycles. The number of carbonyl (C=O) groups excluding carboxylic acids is 1. The number of rotatable bonds is 3. The Hall–Kier alpha value is -1.07. The summed E-state index contributed by atoms with van der Waals surface area (Å²) in [4.78, 5) is 16.9. The number of nitrogens with zero attached hydrogens (tertiary/aromatic N) is 1. The number of nitrogens with one attached hydrogen (secondary N) is 1. The average molecular weight is 339 g/mol. The third-order valence-corrected chi connectivity index (χ3v) is 5.06. The van der Waals surface area contributed by atoms with Crippen molar-refractivity contribution in [1.29, 1.82) is 0 Å². The molecule has 1 N–H and O–H groups in total. The Labute approximate surface area is 144 Å². The number of likely N-dealkylation sites (tertiary alicyclic amines) is 1. The highest BCUT2D eigenvalue weighted by Gasteiger charge is 2.26. The van der Waals surface area contributed by atoms with E-state index in [1.54, 1.807) is 0 Å². The van der Waals surface area contributed by atoms with E-state index in [0.29, 0.717) is 6.04 Å². The number of hydrogen-bond donors (Lipinski definition) is 1. The highest BCUT2D eigenvalue weighted by Crippen LogP contribution is 2.21.